The second-order valence-corrected chi connectivity index (χ2v) is 3.49. The van der Waals surface area contributed by atoms with E-state index in [1.54, 1.807) is 6.92 Å². The minimum absolute atomic E-state index is 0.136. The summed E-state index contributed by atoms with van der Waals surface area (Å²) in [6, 6.07) is 1.00. The van der Waals surface area contributed by atoms with Gasteiger partial charge in [-0.3, -0.25) is 0 Å². The first-order valence-electron chi connectivity index (χ1n) is 3.91. The summed E-state index contributed by atoms with van der Waals surface area (Å²) in [7, 11) is 0. The zero-order valence-corrected chi connectivity index (χ0v) is 8.91. The number of anilines is 1. The van der Waals surface area contributed by atoms with E-state index in [4.69, 9.17) is 0 Å². The molecule has 0 aliphatic heterocycles. The Morgan fingerprint density at radius 3 is 2.64 bits per heavy atom. The number of hydrogen-bond acceptors (Lipinski definition) is 2. The van der Waals surface area contributed by atoms with Gasteiger partial charge in [0.05, 0.1) is 5.56 Å². The van der Waals surface area contributed by atoms with Gasteiger partial charge in [-0.1, -0.05) is 0 Å². The maximum absolute atomic E-state index is 12.5. The van der Waals surface area contributed by atoms with Crippen molar-refractivity contribution in [3.05, 3.63) is 22.3 Å². The molecule has 0 aliphatic rings. The zero-order valence-electron chi connectivity index (χ0n) is 7.32. The molecule has 1 rings (SSSR count). The van der Waals surface area contributed by atoms with Crippen molar-refractivity contribution in [3.63, 3.8) is 0 Å². The van der Waals surface area contributed by atoms with E-state index >= 15 is 0 Å². The highest BCUT2D eigenvalue weighted by atomic mass is 79.9. The van der Waals surface area contributed by atoms with Crippen LogP contribution in [0, 0.1) is 0 Å². The molecule has 0 aromatic carbocycles. The quantitative estimate of drug-likeness (QED) is 0.891. The van der Waals surface area contributed by atoms with Crippen LogP contribution in [0.3, 0.4) is 0 Å². The summed E-state index contributed by atoms with van der Waals surface area (Å²) < 4.78 is 37.7. The minimum atomic E-state index is -4.38. The maximum Gasteiger partial charge on any atom is 0.419 e. The van der Waals surface area contributed by atoms with Crippen LogP contribution in [0.4, 0.5) is 19.0 Å². The molecule has 0 saturated carbocycles. The Bertz CT molecular complexity index is 325. The van der Waals surface area contributed by atoms with Crippen LogP contribution < -0.4 is 5.32 Å². The molecule has 1 heterocycles. The van der Waals surface area contributed by atoms with Gasteiger partial charge in [0.25, 0.3) is 0 Å². The normalized spacial score (nSPS) is 11.5. The summed E-state index contributed by atoms with van der Waals surface area (Å²) >= 11 is 2.95. The first kappa shape index (κ1) is 11.3. The van der Waals surface area contributed by atoms with Crippen LogP contribution in [0.5, 0.6) is 0 Å². The predicted molar refractivity (Wildman–Crippen MR) is 51.1 cm³/mol. The van der Waals surface area contributed by atoms with Gasteiger partial charge in [0, 0.05) is 17.2 Å². The average molecular weight is 269 g/mol. The average Bonchev–Trinajstić information content (AvgIpc) is 2.07. The van der Waals surface area contributed by atoms with E-state index < -0.39 is 11.7 Å². The molecule has 2 nitrogen and oxygen atoms in total. The molecular formula is C8H8BrF3N2. The van der Waals surface area contributed by atoms with E-state index in [1.807, 2.05) is 0 Å². The number of pyridine rings is 1. The molecule has 1 aromatic rings. The van der Waals surface area contributed by atoms with Crippen molar-refractivity contribution in [3.8, 4) is 0 Å². The molecule has 0 spiro atoms. The van der Waals surface area contributed by atoms with Gasteiger partial charge in [-0.05, 0) is 28.9 Å². The van der Waals surface area contributed by atoms with Gasteiger partial charge in [0.1, 0.15) is 5.82 Å². The fourth-order valence-corrected chi connectivity index (χ4v) is 1.29. The molecule has 0 saturated heterocycles. The third-order valence-electron chi connectivity index (χ3n) is 1.50. The molecule has 0 bridgehead atoms. The highest BCUT2D eigenvalue weighted by Gasteiger charge is 2.34. The smallest absolute Gasteiger partial charge is 0.370 e. The number of alkyl halides is 3. The van der Waals surface area contributed by atoms with Crippen molar-refractivity contribution in [2.75, 3.05) is 11.9 Å². The summed E-state index contributed by atoms with van der Waals surface area (Å²) in [5.41, 5.74) is -0.756. The number of rotatable bonds is 2. The molecule has 0 fully saturated rings. The highest BCUT2D eigenvalue weighted by Crippen LogP contribution is 2.35. The molecule has 1 N–H and O–H groups in total. The summed E-state index contributed by atoms with van der Waals surface area (Å²) in [6.45, 7) is 2.11. The Hall–Kier alpha value is -0.780. The lowest BCUT2D eigenvalue weighted by Crippen LogP contribution is -2.12. The van der Waals surface area contributed by atoms with Crippen molar-refractivity contribution >= 4 is 21.7 Å². The van der Waals surface area contributed by atoms with Crippen molar-refractivity contribution < 1.29 is 13.2 Å². The largest absolute Gasteiger partial charge is 0.419 e. The van der Waals surface area contributed by atoms with Gasteiger partial charge in [-0.25, -0.2) is 4.98 Å². The van der Waals surface area contributed by atoms with E-state index in [0.717, 1.165) is 6.07 Å². The highest BCUT2D eigenvalue weighted by molar-refractivity contribution is 9.10. The SMILES string of the molecule is CCNc1ncc(Br)cc1C(F)(F)F. The number of nitrogens with zero attached hydrogens (tertiary/aromatic N) is 1. The van der Waals surface area contributed by atoms with Crippen LogP contribution in [-0.4, -0.2) is 11.5 Å². The van der Waals surface area contributed by atoms with Crippen LogP contribution in [0.15, 0.2) is 16.7 Å². The van der Waals surface area contributed by atoms with Gasteiger partial charge in [0.2, 0.25) is 0 Å². The molecule has 0 atom stereocenters. The molecule has 1 aromatic heterocycles. The van der Waals surface area contributed by atoms with Gasteiger partial charge in [0.15, 0.2) is 0 Å². The van der Waals surface area contributed by atoms with Crippen molar-refractivity contribution in [2.24, 2.45) is 0 Å². The minimum Gasteiger partial charge on any atom is -0.370 e. The predicted octanol–water partition coefficient (Wildman–Crippen LogP) is 3.29. The van der Waals surface area contributed by atoms with Gasteiger partial charge in [-0.2, -0.15) is 13.2 Å². The molecule has 78 valence electrons. The molecule has 0 unspecified atom stereocenters. The number of aromatic nitrogens is 1. The lowest BCUT2D eigenvalue weighted by atomic mass is 10.2. The Morgan fingerprint density at radius 1 is 1.50 bits per heavy atom. The lowest BCUT2D eigenvalue weighted by molar-refractivity contribution is -0.137. The molecular weight excluding hydrogens is 261 g/mol. The molecule has 0 amide bonds. The molecule has 6 heteroatoms. The molecule has 0 radical (unpaired) electrons. The Balaban J connectivity index is 3.16. The van der Waals surface area contributed by atoms with Crippen LogP contribution in [-0.2, 0) is 6.18 Å². The zero-order chi connectivity index (χ0) is 10.8. The van der Waals surface area contributed by atoms with Crippen molar-refractivity contribution in [2.45, 2.75) is 13.1 Å². The van der Waals surface area contributed by atoms with Crippen molar-refractivity contribution in [1.29, 1.82) is 0 Å². The van der Waals surface area contributed by atoms with E-state index in [9.17, 15) is 13.2 Å². The third-order valence-corrected chi connectivity index (χ3v) is 1.94. The van der Waals surface area contributed by atoms with Crippen LogP contribution >= 0.6 is 15.9 Å². The van der Waals surface area contributed by atoms with E-state index in [1.165, 1.54) is 6.20 Å². The topological polar surface area (TPSA) is 24.9 Å². The van der Waals surface area contributed by atoms with Crippen LogP contribution in [0.1, 0.15) is 12.5 Å². The summed E-state index contributed by atoms with van der Waals surface area (Å²) in [5, 5.41) is 2.56. The first-order chi connectivity index (χ1) is 6.45. The standard InChI is InChI=1S/C8H8BrF3N2/c1-2-13-7-6(8(10,11)12)3-5(9)4-14-7/h3-4H,2H2,1H3,(H,13,14). The molecule has 0 aliphatic carbocycles. The van der Waals surface area contributed by atoms with Gasteiger partial charge in [-0.15, -0.1) is 0 Å². The summed E-state index contributed by atoms with van der Waals surface area (Å²) in [6.07, 6.45) is -3.05. The van der Waals surface area contributed by atoms with E-state index in [0.29, 0.717) is 11.0 Å². The van der Waals surface area contributed by atoms with E-state index in [2.05, 4.69) is 26.2 Å². The fraction of sp³-hybridized carbons (Fsp3) is 0.375. The van der Waals surface area contributed by atoms with Gasteiger partial charge >= 0.3 is 6.18 Å². The Kier molecular flexibility index (Phi) is 3.36. The number of halogens is 4. The maximum atomic E-state index is 12.5. The number of hydrogen-bond donors (Lipinski definition) is 1. The van der Waals surface area contributed by atoms with E-state index in [-0.39, 0.29) is 5.82 Å². The Labute approximate surface area is 87.7 Å². The third kappa shape index (κ3) is 2.60. The van der Waals surface area contributed by atoms with Crippen molar-refractivity contribution in [1.82, 2.24) is 4.98 Å². The second-order valence-electron chi connectivity index (χ2n) is 2.58. The first-order valence-corrected chi connectivity index (χ1v) is 4.71. The van der Waals surface area contributed by atoms with Gasteiger partial charge < -0.3 is 5.32 Å². The fourth-order valence-electron chi connectivity index (χ4n) is 0.964. The lowest BCUT2D eigenvalue weighted by Gasteiger charge is -2.12. The van der Waals surface area contributed by atoms with Crippen LogP contribution in [0.2, 0.25) is 0 Å². The summed E-state index contributed by atoms with van der Waals surface area (Å²) in [5.74, 6) is -0.136. The number of nitrogens with one attached hydrogen (secondary N) is 1. The van der Waals surface area contributed by atoms with Crippen LogP contribution in [0.25, 0.3) is 0 Å². The molecule has 14 heavy (non-hydrogen) atoms. The summed E-state index contributed by atoms with van der Waals surface area (Å²) in [4.78, 5) is 3.66. The Morgan fingerprint density at radius 2 is 2.14 bits per heavy atom. The monoisotopic (exact) mass is 268 g/mol. The second kappa shape index (κ2) is 4.16.